The van der Waals surface area contributed by atoms with Crippen molar-refractivity contribution < 1.29 is 19.2 Å². The molecule has 0 amide bonds. The molecule has 0 aliphatic rings. The van der Waals surface area contributed by atoms with Gasteiger partial charge in [0.25, 0.3) is 0 Å². The van der Waals surface area contributed by atoms with Crippen molar-refractivity contribution in [2.75, 3.05) is 0 Å². The van der Waals surface area contributed by atoms with Crippen LogP contribution in [0, 0.1) is 0 Å². The second-order valence-electron chi connectivity index (χ2n) is 13.9. The molecule has 0 aliphatic heterocycles. The Kier molecular flexibility index (Phi) is 9.69. The Morgan fingerprint density at radius 1 is 0.386 bits per heavy atom. The number of ketones is 4. The monoisotopic (exact) mass is 744 g/mol. The summed E-state index contributed by atoms with van der Waals surface area (Å²) in [7, 11) is 0. The van der Waals surface area contributed by atoms with Crippen LogP contribution >= 0.6 is 0 Å². The summed E-state index contributed by atoms with van der Waals surface area (Å²) < 4.78 is 0. The zero-order chi connectivity index (χ0) is 39.8. The second-order valence-corrected chi connectivity index (χ2v) is 13.9. The van der Waals surface area contributed by atoms with E-state index in [0.717, 1.165) is 11.1 Å². The second kappa shape index (κ2) is 15.1. The van der Waals surface area contributed by atoms with E-state index in [-0.39, 0.29) is 23.1 Å². The van der Waals surface area contributed by atoms with Crippen LogP contribution in [0.25, 0.3) is 78.2 Å². The number of aromatic nitrogens is 4. The fourth-order valence-electron chi connectivity index (χ4n) is 7.33. The lowest BCUT2D eigenvalue weighted by atomic mass is 9.93. The predicted molar refractivity (Wildman–Crippen MR) is 224 cm³/mol. The van der Waals surface area contributed by atoms with Crippen LogP contribution in [0.15, 0.2) is 133 Å². The van der Waals surface area contributed by atoms with Gasteiger partial charge in [-0.05, 0) is 56.2 Å². The highest BCUT2D eigenvalue weighted by Crippen LogP contribution is 2.38. The fourth-order valence-corrected chi connectivity index (χ4v) is 7.33. The van der Waals surface area contributed by atoms with Gasteiger partial charge in [-0.2, -0.15) is 0 Å². The van der Waals surface area contributed by atoms with E-state index < -0.39 is 0 Å². The fraction of sp³-hybridized carbons (Fsp3) is 0.102. The van der Waals surface area contributed by atoms with E-state index in [1.807, 2.05) is 116 Å². The van der Waals surface area contributed by atoms with Crippen LogP contribution in [0.2, 0.25) is 0 Å². The van der Waals surface area contributed by atoms with Crippen molar-refractivity contribution in [2.45, 2.75) is 34.1 Å². The Bertz CT molecular complexity index is 2970. The minimum absolute atomic E-state index is 0.0254. The molecule has 2 aromatic heterocycles. The molecule has 2 heterocycles. The van der Waals surface area contributed by atoms with Crippen molar-refractivity contribution in [1.82, 2.24) is 19.9 Å². The van der Waals surface area contributed by atoms with Crippen LogP contribution in [0.5, 0.6) is 0 Å². The molecule has 0 unspecified atom stereocenters. The van der Waals surface area contributed by atoms with E-state index in [4.69, 9.17) is 19.9 Å². The van der Waals surface area contributed by atoms with Gasteiger partial charge in [0, 0.05) is 50.9 Å². The molecule has 8 aromatic rings. The number of nitrogens with zero attached hydrogens (tertiary/aromatic N) is 4. The zero-order valence-electron chi connectivity index (χ0n) is 31.8. The quantitative estimate of drug-likeness (QED) is 0.127. The Morgan fingerprint density at radius 3 is 1.02 bits per heavy atom. The van der Waals surface area contributed by atoms with Crippen molar-refractivity contribution in [3.63, 3.8) is 0 Å². The van der Waals surface area contributed by atoms with E-state index >= 15 is 0 Å². The van der Waals surface area contributed by atoms with Gasteiger partial charge in [-0.1, -0.05) is 116 Å². The van der Waals surface area contributed by atoms with Gasteiger partial charge in [0.1, 0.15) is 0 Å². The van der Waals surface area contributed by atoms with Crippen LogP contribution in [0.1, 0.15) is 75.5 Å². The van der Waals surface area contributed by atoms with Gasteiger partial charge in [0.2, 0.25) is 0 Å². The summed E-state index contributed by atoms with van der Waals surface area (Å²) in [5.74, 6) is -0.345. The SMILES string of the molecule is CCC(=O)c1ccccc1-c1nc2cc(-c3ccc4nc(-c5ccccc5C(C)=O)c(-c5ccccc5C(C)=O)nc4c3)ccc2nc1-c1ccccc1C(C)=O. The summed E-state index contributed by atoms with van der Waals surface area (Å²) in [6.07, 6.45) is 0.319. The van der Waals surface area contributed by atoms with Crippen LogP contribution in [0.3, 0.4) is 0 Å². The molecule has 0 atom stereocenters. The summed E-state index contributed by atoms with van der Waals surface area (Å²) >= 11 is 0. The van der Waals surface area contributed by atoms with Crippen LogP contribution in [-0.2, 0) is 0 Å². The maximum Gasteiger partial charge on any atom is 0.163 e. The average Bonchev–Trinajstić information content (AvgIpc) is 3.24. The Hall–Kier alpha value is -7.32. The first-order chi connectivity index (χ1) is 27.6. The average molecular weight is 745 g/mol. The van der Waals surface area contributed by atoms with Crippen molar-refractivity contribution in [3.05, 3.63) is 156 Å². The lowest BCUT2D eigenvalue weighted by Gasteiger charge is -2.16. The normalized spacial score (nSPS) is 11.2. The first-order valence-electron chi connectivity index (χ1n) is 18.7. The molecule has 6 aromatic carbocycles. The minimum Gasteiger partial charge on any atom is -0.294 e. The van der Waals surface area contributed by atoms with Crippen molar-refractivity contribution in [2.24, 2.45) is 0 Å². The Labute approximate surface area is 329 Å². The molecule has 0 fully saturated rings. The number of Topliss-reactive ketones (excluding diaryl/α,β-unsaturated/α-hetero) is 4. The molecule has 57 heavy (non-hydrogen) atoms. The van der Waals surface area contributed by atoms with Gasteiger partial charge < -0.3 is 0 Å². The number of hydrogen-bond donors (Lipinski definition) is 0. The highest BCUT2D eigenvalue weighted by Gasteiger charge is 2.23. The zero-order valence-corrected chi connectivity index (χ0v) is 31.8. The summed E-state index contributed by atoms with van der Waals surface area (Å²) in [5.41, 5.74) is 10.7. The molecular formula is C49H36N4O4. The summed E-state index contributed by atoms with van der Waals surface area (Å²) in [6.45, 7) is 6.40. The predicted octanol–water partition coefficient (Wildman–Crippen LogP) is 11.1. The van der Waals surface area contributed by atoms with Gasteiger partial charge in [0.15, 0.2) is 23.1 Å². The van der Waals surface area contributed by atoms with Crippen molar-refractivity contribution in [1.29, 1.82) is 0 Å². The lowest BCUT2D eigenvalue weighted by molar-refractivity contribution is 0.0984. The minimum atomic E-state index is -0.113. The van der Waals surface area contributed by atoms with Gasteiger partial charge in [-0.25, -0.2) is 19.9 Å². The molecular weight excluding hydrogens is 709 g/mol. The molecule has 0 aliphatic carbocycles. The highest BCUT2D eigenvalue weighted by atomic mass is 16.1. The highest BCUT2D eigenvalue weighted by molar-refractivity contribution is 6.07. The largest absolute Gasteiger partial charge is 0.294 e. The van der Waals surface area contributed by atoms with Crippen LogP contribution < -0.4 is 0 Å². The van der Waals surface area contributed by atoms with E-state index in [1.165, 1.54) is 20.8 Å². The molecule has 0 bridgehead atoms. The maximum absolute atomic E-state index is 13.2. The summed E-state index contributed by atoms with van der Waals surface area (Å²) in [4.78, 5) is 72.2. The Balaban J connectivity index is 1.33. The van der Waals surface area contributed by atoms with E-state index in [1.54, 1.807) is 24.3 Å². The molecule has 0 spiro atoms. The maximum atomic E-state index is 13.2. The number of fused-ring (bicyclic) bond motifs is 2. The van der Waals surface area contributed by atoms with Crippen LogP contribution in [-0.4, -0.2) is 43.1 Å². The number of benzene rings is 6. The van der Waals surface area contributed by atoms with Crippen LogP contribution in [0.4, 0.5) is 0 Å². The van der Waals surface area contributed by atoms with E-state index in [0.29, 0.717) is 95.8 Å². The van der Waals surface area contributed by atoms with Crippen molar-refractivity contribution in [3.8, 4) is 56.2 Å². The number of carbonyl (C=O) groups is 4. The standard InChI is InChI=1S/C49H36N4O4/c1-5-45(57)36-17-9-13-21-40(36)49-47(38-19-11-7-15-34(38)29(3)55)51-42-25-23-32(27-44(42)53-49)31-22-24-41-43(26-31)52-48(39-20-12-8-16-35(39)30(4)56)46(50-41)37-18-10-6-14-33(37)28(2)54/h6-27H,5H2,1-4H3. The van der Waals surface area contributed by atoms with E-state index in [9.17, 15) is 19.2 Å². The van der Waals surface area contributed by atoms with Gasteiger partial charge >= 0.3 is 0 Å². The van der Waals surface area contributed by atoms with Gasteiger partial charge in [0.05, 0.1) is 44.8 Å². The van der Waals surface area contributed by atoms with Gasteiger partial charge in [-0.3, -0.25) is 19.2 Å². The molecule has 0 N–H and O–H groups in total. The van der Waals surface area contributed by atoms with Gasteiger partial charge in [-0.15, -0.1) is 0 Å². The number of carbonyl (C=O) groups excluding carboxylic acids is 4. The first kappa shape index (κ1) is 36.6. The smallest absolute Gasteiger partial charge is 0.163 e. The first-order valence-corrected chi connectivity index (χ1v) is 18.7. The summed E-state index contributed by atoms with van der Waals surface area (Å²) in [6, 6.07) is 40.9. The molecule has 276 valence electrons. The summed E-state index contributed by atoms with van der Waals surface area (Å²) in [5, 5.41) is 0. The van der Waals surface area contributed by atoms with E-state index in [2.05, 4.69) is 0 Å². The number of hydrogen-bond acceptors (Lipinski definition) is 8. The van der Waals surface area contributed by atoms with Crippen molar-refractivity contribution >= 4 is 45.2 Å². The molecule has 0 saturated heterocycles. The lowest BCUT2D eigenvalue weighted by Crippen LogP contribution is -2.05. The Morgan fingerprint density at radius 2 is 0.684 bits per heavy atom. The molecule has 8 nitrogen and oxygen atoms in total. The molecule has 0 radical (unpaired) electrons. The molecule has 8 rings (SSSR count). The molecule has 0 saturated carbocycles. The third-order valence-electron chi connectivity index (χ3n) is 10.1. The third kappa shape index (κ3) is 6.82. The molecule has 8 heteroatoms. The number of rotatable bonds is 10. The topological polar surface area (TPSA) is 120 Å². The third-order valence-corrected chi connectivity index (χ3v) is 10.1.